The van der Waals surface area contributed by atoms with Crippen molar-refractivity contribution in [3.8, 4) is 0 Å². The number of anilines is 1. The van der Waals surface area contributed by atoms with Gasteiger partial charge in [-0.15, -0.1) is 6.58 Å². The van der Waals surface area contributed by atoms with Crippen LogP contribution in [0.15, 0.2) is 66.1 Å². The summed E-state index contributed by atoms with van der Waals surface area (Å²) in [5, 5.41) is 2.79. The molecule has 1 aliphatic rings. The van der Waals surface area contributed by atoms with Crippen molar-refractivity contribution in [1.29, 1.82) is 0 Å². The van der Waals surface area contributed by atoms with E-state index in [1.54, 1.807) is 12.1 Å². The number of amides is 1. The highest BCUT2D eigenvalue weighted by Crippen LogP contribution is 2.25. The van der Waals surface area contributed by atoms with E-state index in [9.17, 15) is 17.6 Å². The van der Waals surface area contributed by atoms with E-state index in [0.717, 1.165) is 17.8 Å². The van der Waals surface area contributed by atoms with Crippen LogP contribution in [-0.2, 0) is 10.0 Å². The van der Waals surface area contributed by atoms with E-state index in [0.29, 0.717) is 38.0 Å². The van der Waals surface area contributed by atoms with E-state index in [-0.39, 0.29) is 16.8 Å². The molecule has 0 unspecified atom stereocenters. The largest absolute Gasteiger partial charge is 0.371 e. The van der Waals surface area contributed by atoms with Gasteiger partial charge in [-0.05, 0) is 49.2 Å². The molecule has 1 fully saturated rings. The minimum absolute atomic E-state index is 0.0468. The van der Waals surface area contributed by atoms with Crippen molar-refractivity contribution in [2.24, 2.45) is 0 Å². The fourth-order valence-electron chi connectivity index (χ4n) is 3.34. The topological polar surface area (TPSA) is 78.5 Å². The molecule has 0 aliphatic carbocycles. The van der Waals surface area contributed by atoms with Crippen LogP contribution < -0.4 is 14.9 Å². The third-order valence-corrected chi connectivity index (χ3v) is 6.37. The summed E-state index contributed by atoms with van der Waals surface area (Å²) in [6, 6.07) is 11.9. The van der Waals surface area contributed by atoms with Crippen LogP contribution in [0.3, 0.4) is 0 Å². The van der Waals surface area contributed by atoms with Crippen molar-refractivity contribution in [3.63, 3.8) is 0 Å². The van der Waals surface area contributed by atoms with Gasteiger partial charge in [0.05, 0.1) is 10.5 Å². The number of nitrogens with zero attached hydrogens (tertiary/aromatic N) is 1. The summed E-state index contributed by atoms with van der Waals surface area (Å²) in [5.74, 6) is -0.646. The predicted octanol–water partition coefficient (Wildman–Crippen LogP) is 2.69. The number of hydrogen-bond acceptors (Lipinski definition) is 4. The molecule has 1 amide bonds. The second-order valence-electron chi connectivity index (χ2n) is 6.85. The van der Waals surface area contributed by atoms with Gasteiger partial charge in [0, 0.05) is 31.4 Å². The molecule has 2 aromatic rings. The Morgan fingerprint density at radius 1 is 1.14 bits per heavy atom. The molecular formula is C21H24FN3O3S. The van der Waals surface area contributed by atoms with Crippen LogP contribution in [0.4, 0.5) is 10.1 Å². The van der Waals surface area contributed by atoms with E-state index in [4.69, 9.17) is 0 Å². The zero-order chi connectivity index (χ0) is 20.9. The van der Waals surface area contributed by atoms with Crippen molar-refractivity contribution in [2.75, 3.05) is 24.5 Å². The van der Waals surface area contributed by atoms with E-state index in [2.05, 4.69) is 21.5 Å². The van der Waals surface area contributed by atoms with Gasteiger partial charge in [0.1, 0.15) is 5.82 Å². The monoisotopic (exact) mass is 417 g/mol. The first-order chi connectivity index (χ1) is 13.9. The average molecular weight is 418 g/mol. The maximum atomic E-state index is 13.0. The first kappa shape index (κ1) is 21.0. The van der Waals surface area contributed by atoms with Gasteiger partial charge < -0.3 is 10.2 Å². The Morgan fingerprint density at radius 3 is 2.45 bits per heavy atom. The maximum Gasteiger partial charge on any atom is 0.253 e. The molecule has 0 radical (unpaired) electrons. The van der Waals surface area contributed by atoms with Crippen molar-refractivity contribution < 1.29 is 17.6 Å². The Balaban J connectivity index is 1.64. The summed E-state index contributed by atoms with van der Waals surface area (Å²) in [6.45, 7) is 5.22. The van der Waals surface area contributed by atoms with Crippen LogP contribution in [-0.4, -0.2) is 40.0 Å². The Bertz CT molecular complexity index is 969. The minimum Gasteiger partial charge on any atom is -0.371 e. The molecule has 0 spiro atoms. The third kappa shape index (κ3) is 5.21. The third-order valence-electron chi connectivity index (χ3n) is 4.84. The van der Waals surface area contributed by atoms with Crippen LogP contribution in [0.2, 0.25) is 0 Å². The number of benzene rings is 2. The Morgan fingerprint density at radius 2 is 1.79 bits per heavy atom. The Kier molecular flexibility index (Phi) is 6.66. The predicted molar refractivity (Wildman–Crippen MR) is 111 cm³/mol. The fraction of sp³-hybridized carbons (Fsp3) is 0.286. The van der Waals surface area contributed by atoms with Crippen molar-refractivity contribution in [3.05, 3.63) is 72.6 Å². The summed E-state index contributed by atoms with van der Waals surface area (Å²) >= 11 is 0. The van der Waals surface area contributed by atoms with Gasteiger partial charge in [-0.1, -0.05) is 18.2 Å². The van der Waals surface area contributed by atoms with Crippen LogP contribution in [0.1, 0.15) is 23.2 Å². The summed E-state index contributed by atoms with van der Waals surface area (Å²) in [5.41, 5.74) is 1.41. The molecule has 8 heteroatoms. The number of nitrogens with one attached hydrogen (secondary N) is 2. The highest BCUT2D eigenvalue weighted by atomic mass is 32.2. The highest BCUT2D eigenvalue weighted by Gasteiger charge is 2.26. The zero-order valence-electron chi connectivity index (χ0n) is 16.0. The number of para-hydroxylation sites is 1. The molecule has 0 saturated carbocycles. The summed E-state index contributed by atoms with van der Waals surface area (Å²) in [4.78, 5) is 14.5. The van der Waals surface area contributed by atoms with Crippen LogP contribution in [0, 0.1) is 5.82 Å². The van der Waals surface area contributed by atoms with Crippen LogP contribution >= 0.6 is 0 Å². The Labute approximate surface area is 170 Å². The fourth-order valence-corrected chi connectivity index (χ4v) is 4.65. The molecule has 1 saturated heterocycles. The smallest absolute Gasteiger partial charge is 0.253 e. The lowest BCUT2D eigenvalue weighted by molar-refractivity contribution is 0.0958. The molecule has 0 bridgehead atoms. The minimum atomic E-state index is -3.70. The number of halogens is 1. The zero-order valence-corrected chi connectivity index (χ0v) is 16.8. The number of rotatable bonds is 7. The van der Waals surface area contributed by atoms with Crippen molar-refractivity contribution in [1.82, 2.24) is 10.0 Å². The van der Waals surface area contributed by atoms with Gasteiger partial charge in [-0.3, -0.25) is 4.79 Å². The molecule has 29 heavy (non-hydrogen) atoms. The quantitative estimate of drug-likeness (QED) is 0.679. The van der Waals surface area contributed by atoms with E-state index < -0.39 is 15.8 Å². The lowest BCUT2D eigenvalue weighted by atomic mass is 10.0. The molecule has 1 aliphatic heterocycles. The van der Waals surface area contributed by atoms with E-state index in [1.165, 1.54) is 12.1 Å². The van der Waals surface area contributed by atoms with Gasteiger partial charge >= 0.3 is 0 Å². The standard InChI is InChI=1S/C21H24FN3O3S/c1-2-13-23-21(26)19-5-3-4-6-20(19)25-14-11-17(12-15-25)24-29(27,28)18-9-7-16(22)8-10-18/h2-10,17,24H,1,11-15H2,(H,23,26). The van der Waals surface area contributed by atoms with Crippen LogP contribution in [0.5, 0.6) is 0 Å². The number of carbonyl (C=O) groups is 1. The average Bonchev–Trinajstić information content (AvgIpc) is 2.72. The number of carbonyl (C=O) groups excluding carboxylic acids is 1. The Hall–Kier alpha value is -2.71. The summed E-state index contributed by atoms with van der Waals surface area (Å²) in [6.07, 6.45) is 2.82. The summed E-state index contributed by atoms with van der Waals surface area (Å²) < 4.78 is 40.7. The van der Waals surface area contributed by atoms with E-state index >= 15 is 0 Å². The highest BCUT2D eigenvalue weighted by molar-refractivity contribution is 7.89. The molecule has 0 aromatic heterocycles. The molecule has 2 N–H and O–H groups in total. The van der Waals surface area contributed by atoms with Gasteiger partial charge in [-0.2, -0.15) is 0 Å². The molecule has 2 aromatic carbocycles. The number of hydrogen-bond donors (Lipinski definition) is 2. The van der Waals surface area contributed by atoms with Gasteiger partial charge in [0.2, 0.25) is 10.0 Å². The summed E-state index contributed by atoms with van der Waals surface area (Å²) in [7, 11) is -3.70. The number of piperidine rings is 1. The molecule has 154 valence electrons. The second kappa shape index (κ2) is 9.19. The molecule has 3 rings (SSSR count). The normalized spacial score (nSPS) is 15.1. The first-order valence-electron chi connectivity index (χ1n) is 9.41. The SMILES string of the molecule is C=CCNC(=O)c1ccccc1N1CCC(NS(=O)(=O)c2ccc(F)cc2)CC1. The van der Waals surface area contributed by atoms with Crippen molar-refractivity contribution >= 4 is 21.6 Å². The maximum absolute atomic E-state index is 13.0. The first-order valence-corrected chi connectivity index (χ1v) is 10.9. The van der Waals surface area contributed by atoms with Gasteiger partial charge in [0.15, 0.2) is 0 Å². The molecular weight excluding hydrogens is 393 g/mol. The second-order valence-corrected chi connectivity index (χ2v) is 8.57. The number of sulfonamides is 1. The molecule has 1 heterocycles. The molecule has 6 nitrogen and oxygen atoms in total. The van der Waals surface area contributed by atoms with Gasteiger partial charge in [-0.25, -0.2) is 17.5 Å². The van der Waals surface area contributed by atoms with E-state index in [1.807, 2.05) is 18.2 Å². The molecule has 0 atom stereocenters. The van der Waals surface area contributed by atoms with Crippen molar-refractivity contribution in [2.45, 2.75) is 23.8 Å². The van der Waals surface area contributed by atoms with Gasteiger partial charge in [0.25, 0.3) is 5.91 Å². The lowest BCUT2D eigenvalue weighted by Crippen LogP contribution is -2.45. The van der Waals surface area contributed by atoms with Crippen LogP contribution in [0.25, 0.3) is 0 Å². The lowest BCUT2D eigenvalue weighted by Gasteiger charge is -2.34.